The molecular formula is C15H24N4O3. The van der Waals surface area contributed by atoms with E-state index in [-0.39, 0.29) is 6.10 Å². The van der Waals surface area contributed by atoms with Gasteiger partial charge in [0, 0.05) is 18.7 Å². The molecule has 22 heavy (non-hydrogen) atoms. The number of rotatable bonds is 5. The molecular weight excluding hydrogens is 284 g/mol. The molecule has 1 aromatic heterocycles. The Morgan fingerprint density at radius 1 is 1.55 bits per heavy atom. The van der Waals surface area contributed by atoms with Crippen LogP contribution in [0.25, 0.3) is 0 Å². The monoisotopic (exact) mass is 308 g/mol. The summed E-state index contributed by atoms with van der Waals surface area (Å²) in [5.74, 6) is 0.547. The first-order chi connectivity index (χ1) is 10.4. The predicted octanol–water partition coefficient (Wildman–Crippen LogP) is 2.54. The van der Waals surface area contributed by atoms with Crippen LogP contribution in [-0.4, -0.2) is 34.5 Å². The summed E-state index contributed by atoms with van der Waals surface area (Å²) in [5, 5.41) is 12.7. The zero-order valence-corrected chi connectivity index (χ0v) is 13.3. The molecule has 7 heteroatoms. The molecule has 1 amide bonds. The molecule has 0 fully saturated rings. The Morgan fingerprint density at radius 2 is 2.36 bits per heavy atom. The van der Waals surface area contributed by atoms with Crippen molar-refractivity contribution in [3.05, 3.63) is 24.1 Å². The van der Waals surface area contributed by atoms with E-state index < -0.39 is 11.7 Å². The van der Waals surface area contributed by atoms with Gasteiger partial charge in [0.15, 0.2) is 0 Å². The summed E-state index contributed by atoms with van der Waals surface area (Å²) in [7, 11) is 0. The molecule has 1 unspecified atom stereocenters. The van der Waals surface area contributed by atoms with Crippen molar-refractivity contribution >= 4 is 11.9 Å². The minimum Gasteiger partial charge on any atom is -0.497 e. The van der Waals surface area contributed by atoms with Crippen LogP contribution < -0.4 is 10.6 Å². The minimum absolute atomic E-state index is 0.194. The van der Waals surface area contributed by atoms with Crippen molar-refractivity contribution in [2.45, 2.75) is 51.9 Å². The maximum Gasteiger partial charge on any atom is 0.413 e. The fourth-order valence-electron chi connectivity index (χ4n) is 2.06. The zero-order valence-electron chi connectivity index (χ0n) is 13.3. The molecule has 1 aromatic rings. The third kappa shape index (κ3) is 5.40. The molecule has 0 saturated heterocycles. The number of allylic oxidation sites excluding steroid dienone is 1. The van der Waals surface area contributed by atoms with Gasteiger partial charge < -0.3 is 14.8 Å². The predicted molar refractivity (Wildman–Crippen MR) is 83.4 cm³/mol. The largest absolute Gasteiger partial charge is 0.497 e. The van der Waals surface area contributed by atoms with Gasteiger partial charge in [-0.05, 0) is 39.7 Å². The summed E-state index contributed by atoms with van der Waals surface area (Å²) in [4.78, 5) is 11.8. The number of nitrogens with one attached hydrogen (secondary N) is 3. The molecule has 0 aromatic carbocycles. The van der Waals surface area contributed by atoms with Crippen LogP contribution in [0.15, 0.2) is 18.5 Å². The summed E-state index contributed by atoms with van der Waals surface area (Å²) < 4.78 is 10.7. The number of nitrogens with zero attached hydrogens (tertiary/aromatic N) is 1. The minimum atomic E-state index is -0.533. The standard InChI is InChI=1S/C15H24N4O3/c1-15(2,3)22-14(20)18-13-11(9-17-19-13)8-16-10-12-6-4-5-7-21-12/h5,7,9,12,16H,4,6,8,10H2,1-3H3,(H2,17,18,19,20). The maximum atomic E-state index is 11.8. The number of anilines is 1. The smallest absolute Gasteiger partial charge is 0.413 e. The van der Waals surface area contributed by atoms with Gasteiger partial charge in [-0.2, -0.15) is 5.10 Å². The Balaban J connectivity index is 1.79. The number of carbonyl (C=O) groups excluding carboxylic acids is 1. The molecule has 0 radical (unpaired) electrons. The van der Waals surface area contributed by atoms with Gasteiger partial charge >= 0.3 is 6.09 Å². The van der Waals surface area contributed by atoms with E-state index in [1.165, 1.54) is 0 Å². The highest BCUT2D eigenvalue weighted by molar-refractivity contribution is 5.84. The number of carbonyl (C=O) groups is 1. The van der Waals surface area contributed by atoms with E-state index in [1.54, 1.807) is 12.5 Å². The van der Waals surface area contributed by atoms with Crippen molar-refractivity contribution in [3.8, 4) is 0 Å². The third-order valence-electron chi connectivity index (χ3n) is 3.05. The highest BCUT2D eigenvalue weighted by atomic mass is 16.6. The molecule has 0 saturated carbocycles. The second kappa shape index (κ2) is 7.31. The highest BCUT2D eigenvalue weighted by Crippen LogP contribution is 2.14. The lowest BCUT2D eigenvalue weighted by molar-refractivity contribution is 0.0635. The van der Waals surface area contributed by atoms with Crippen LogP contribution in [0.1, 0.15) is 39.2 Å². The third-order valence-corrected chi connectivity index (χ3v) is 3.05. The summed E-state index contributed by atoms with van der Waals surface area (Å²) in [6.07, 6.45) is 7.21. The van der Waals surface area contributed by atoms with Gasteiger partial charge in [0.25, 0.3) is 0 Å². The maximum absolute atomic E-state index is 11.8. The number of ether oxygens (including phenoxy) is 2. The lowest BCUT2D eigenvalue weighted by atomic mass is 10.1. The second-order valence-corrected chi connectivity index (χ2v) is 6.24. The van der Waals surface area contributed by atoms with Crippen LogP contribution in [0.5, 0.6) is 0 Å². The van der Waals surface area contributed by atoms with Gasteiger partial charge in [0.1, 0.15) is 17.5 Å². The fraction of sp³-hybridized carbons (Fsp3) is 0.600. The van der Waals surface area contributed by atoms with Crippen LogP contribution in [-0.2, 0) is 16.0 Å². The van der Waals surface area contributed by atoms with E-state index in [0.717, 1.165) is 24.9 Å². The number of aromatic nitrogens is 2. The summed E-state index contributed by atoms with van der Waals surface area (Å²) in [5.41, 5.74) is 0.339. The van der Waals surface area contributed by atoms with Gasteiger partial charge in [-0.15, -0.1) is 0 Å². The van der Waals surface area contributed by atoms with E-state index in [2.05, 4.69) is 20.8 Å². The quantitative estimate of drug-likeness (QED) is 0.778. The number of hydrogen-bond acceptors (Lipinski definition) is 5. The topological polar surface area (TPSA) is 88.3 Å². The van der Waals surface area contributed by atoms with Crippen LogP contribution in [0.4, 0.5) is 10.6 Å². The van der Waals surface area contributed by atoms with E-state index in [0.29, 0.717) is 12.4 Å². The van der Waals surface area contributed by atoms with Crippen LogP contribution in [0, 0.1) is 0 Å². The number of H-pyrrole nitrogens is 1. The SMILES string of the molecule is CC(C)(C)OC(=O)Nc1[nH]ncc1CNCC1CCC=CO1. The Kier molecular flexibility index (Phi) is 5.43. The molecule has 122 valence electrons. The van der Waals surface area contributed by atoms with Crippen molar-refractivity contribution in [1.29, 1.82) is 0 Å². The van der Waals surface area contributed by atoms with Crippen molar-refractivity contribution in [2.75, 3.05) is 11.9 Å². The highest BCUT2D eigenvalue weighted by Gasteiger charge is 2.18. The van der Waals surface area contributed by atoms with Gasteiger partial charge in [0.2, 0.25) is 0 Å². The van der Waals surface area contributed by atoms with Crippen molar-refractivity contribution in [3.63, 3.8) is 0 Å². The summed E-state index contributed by atoms with van der Waals surface area (Å²) >= 11 is 0. The van der Waals surface area contributed by atoms with E-state index >= 15 is 0 Å². The molecule has 2 heterocycles. The van der Waals surface area contributed by atoms with Crippen molar-refractivity contribution < 1.29 is 14.3 Å². The summed E-state index contributed by atoms with van der Waals surface area (Å²) in [6.45, 7) is 6.80. The van der Waals surface area contributed by atoms with Gasteiger partial charge in [0.05, 0.1) is 12.5 Å². The Labute approximate surface area is 130 Å². The summed E-state index contributed by atoms with van der Waals surface area (Å²) in [6, 6.07) is 0. The normalized spacial score (nSPS) is 17.9. The number of amides is 1. The Bertz CT molecular complexity index is 519. The molecule has 1 aliphatic heterocycles. The van der Waals surface area contributed by atoms with Crippen LogP contribution >= 0.6 is 0 Å². The van der Waals surface area contributed by atoms with E-state index in [9.17, 15) is 4.79 Å². The first kappa shape index (κ1) is 16.4. The molecule has 0 spiro atoms. The van der Waals surface area contributed by atoms with E-state index in [4.69, 9.17) is 9.47 Å². The average molecular weight is 308 g/mol. The first-order valence-corrected chi connectivity index (χ1v) is 7.47. The lowest BCUT2D eigenvalue weighted by Crippen LogP contribution is -2.29. The Hall–Kier alpha value is -2.02. The molecule has 1 atom stereocenters. The molecule has 3 N–H and O–H groups in total. The van der Waals surface area contributed by atoms with Gasteiger partial charge in [-0.25, -0.2) is 4.79 Å². The van der Waals surface area contributed by atoms with Crippen molar-refractivity contribution in [1.82, 2.24) is 15.5 Å². The number of hydrogen-bond donors (Lipinski definition) is 3. The molecule has 1 aliphatic rings. The van der Waals surface area contributed by atoms with Crippen LogP contribution in [0.2, 0.25) is 0 Å². The first-order valence-electron chi connectivity index (χ1n) is 7.47. The van der Waals surface area contributed by atoms with Crippen LogP contribution in [0.3, 0.4) is 0 Å². The van der Waals surface area contributed by atoms with E-state index in [1.807, 2.05) is 26.8 Å². The van der Waals surface area contributed by atoms with Crippen molar-refractivity contribution in [2.24, 2.45) is 0 Å². The lowest BCUT2D eigenvalue weighted by Gasteiger charge is -2.20. The molecule has 0 bridgehead atoms. The van der Waals surface area contributed by atoms with Gasteiger partial charge in [-0.1, -0.05) is 0 Å². The Morgan fingerprint density at radius 3 is 3.05 bits per heavy atom. The fourth-order valence-corrected chi connectivity index (χ4v) is 2.06. The molecule has 2 rings (SSSR count). The van der Waals surface area contributed by atoms with Gasteiger partial charge in [-0.3, -0.25) is 10.4 Å². The molecule has 0 aliphatic carbocycles. The molecule has 7 nitrogen and oxygen atoms in total. The zero-order chi connectivity index (χ0) is 16.0. The number of aromatic amines is 1. The second-order valence-electron chi connectivity index (χ2n) is 6.24. The average Bonchev–Trinajstić information content (AvgIpc) is 2.85.